The minimum absolute atomic E-state index is 0.231. The normalized spacial score (nSPS) is 10.4. The maximum atomic E-state index is 11.3. The molecule has 9 heteroatoms. The maximum Gasteiger partial charge on any atom is 0.492 e. The molecular weight excluding hydrogens is 296 g/mol. The molecule has 0 saturated heterocycles. The number of rotatable bonds is 5. The number of benzene rings is 1. The first-order valence-corrected chi connectivity index (χ1v) is 6.72. The Labute approximate surface area is 124 Å². The van der Waals surface area contributed by atoms with Crippen molar-refractivity contribution < 1.29 is 14.5 Å². The monoisotopic (exact) mass is 308 g/mol. The average molecular weight is 308 g/mol. The molecule has 0 saturated carbocycles. The minimum atomic E-state index is -0.701. The highest BCUT2D eigenvalue weighted by molar-refractivity contribution is 7.99. The molecule has 8 nitrogen and oxygen atoms in total. The third kappa shape index (κ3) is 3.78. The van der Waals surface area contributed by atoms with Gasteiger partial charge in [0.2, 0.25) is 0 Å². The van der Waals surface area contributed by atoms with E-state index in [0.717, 1.165) is 15.1 Å². The lowest BCUT2D eigenvalue weighted by molar-refractivity contribution is -0.394. The number of esters is 1. The molecule has 110 valence electrons. The van der Waals surface area contributed by atoms with Gasteiger partial charge in [0.05, 0.1) is 7.11 Å². The Hall–Kier alpha value is -2.42. The van der Waals surface area contributed by atoms with Gasteiger partial charge in [0, 0.05) is 9.99 Å². The van der Waals surface area contributed by atoms with Crippen LogP contribution in [-0.2, 0) is 16.1 Å². The number of nitrogens with zero attached hydrogens (tertiary/aromatic N) is 4. The number of nitro groups is 1. The van der Waals surface area contributed by atoms with E-state index in [-0.39, 0.29) is 11.7 Å². The number of carbonyl (C=O) groups is 1. The van der Waals surface area contributed by atoms with Crippen molar-refractivity contribution in [2.75, 3.05) is 7.11 Å². The molecule has 2 rings (SSSR count). The van der Waals surface area contributed by atoms with E-state index in [9.17, 15) is 14.9 Å². The van der Waals surface area contributed by atoms with Gasteiger partial charge >= 0.3 is 11.9 Å². The third-order valence-corrected chi connectivity index (χ3v) is 3.52. The molecular formula is C12H12N4O4S. The zero-order valence-corrected chi connectivity index (χ0v) is 12.2. The first-order chi connectivity index (χ1) is 9.99. The molecule has 0 aliphatic heterocycles. The molecule has 1 aromatic heterocycles. The molecule has 0 spiro atoms. The summed E-state index contributed by atoms with van der Waals surface area (Å²) in [4.78, 5) is 26.0. The van der Waals surface area contributed by atoms with Crippen molar-refractivity contribution in [1.82, 2.24) is 14.8 Å². The first kappa shape index (κ1) is 15.0. The van der Waals surface area contributed by atoms with Crippen molar-refractivity contribution in [2.45, 2.75) is 23.5 Å². The second-order valence-corrected chi connectivity index (χ2v) is 5.14. The average Bonchev–Trinajstić information content (AvgIpc) is 2.84. The van der Waals surface area contributed by atoms with E-state index < -0.39 is 16.8 Å². The summed E-state index contributed by atoms with van der Waals surface area (Å²) in [5, 5.41) is 14.7. The Morgan fingerprint density at radius 1 is 1.43 bits per heavy atom. The highest BCUT2D eigenvalue weighted by atomic mass is 32.2. The molecule has 0 bridgehead atoms. The fourth-order valence-electron chi connectivity index (χ4n) is 1.47. The van der Waals surface area contributed by atoms with E-state index in [1.807, 2.05) is 31.2 Å². The van der Waals surface area contributed by atoms with Crippen molar-refractivity contribution in [3.8, 4) is 0 Å². The number of ether oxygens (including phenoxy) is 1. The number of aryl methyl sites for hydroxylation is 1. The highest BCUT2D eigenvalue weighted by Crippen LogP contribution is 2.27. The Balaban J connectivity index is 2.29. The fourth-order valence-corrected chi connectivity index (χ4v) is 2.29. The molecule has 0 amide bonds. The molecule has 1 heterocycles. The van der Waals surface area contributed by atoms with Gasteiger partial charge in [-0.3, -0.25) is 4.79 Å². The molecule has 0 radical (unpaired) electrons. The predicted molar refractivity (Wildman–Crippen MR) is 74.0 cm³/mol. The van der Waals surface area contributed by atoms with Crippen LogP contribution in [-0.4, -0.2) is 32.8 Å². The molecule has 2 aromatic rings. The van der Waals surface area contributed by atoms with Crippen molar-refractivity contribution in [3.63, 3.8) is 0 Å². The van der Waals surface area contributed by atoms with Crippen LogP contribution in [0.15, 0.2) is 34.3 Å². The lowest BCUT2D eigenvalue weighted by atomic mass is 10.2. The summed E-state index contributed by atoms with van der Waals surface area (Å²) >= 11 is 1.19. The van der Waals surface area contributed by atoms with E-state index in [1.165, 1.54) is 18.9 Å². The van der Waals surface area contributed by atoms with Gasteiger partial charge in [0.25, 0.3) is 5.16 Å². The van der Waals surface area contributed by atoms with E-state index in [0.29, 0.717) is 0 Å². The zero-order chi connectivity index (χ0) is 15.4. The van der Waals surface area contributed by atoms with Gasteiger partial charge in [-0.05, 0) is 40.7 Å². The third-order valence-electron chi connectivity index (χ3n) is 2.53. The van der Waals surface area contributed by atoms with Crippen LogP contribution in [0.2, 0.25) is 0 Å². The van der Waals surface area contributed by atoms with Crippen LogP contribution in [0.5, 0.6) is 0 Å². The van der Waals surface area contributed by atoms with Gasteiger partial charge in [-0.15, -0.1) is 4.68 Å². The van der Waals surface area contributed by atoms with Crippen LogP contribution in [0, 0.1) is 17.0 Å². The first-order valence-electron chi connectivity index (χ1n) is 5.90. The van der Waals surface area contributed by atoms with Crippen LogP contribution in [0.3, 0.4) is 0 Å². The van der Waals surface area contributed by atoms with E-state index >= 15 is 0 Å². The topological polar surface area (TPSA) is 100 Å². The van der Waals surface area contributed by atoms with Gasteiger partial charge in [0.15, 0.2) is 6.54 Å². The van der Waals surface area contributed by atoms with Crippen LogP contribution in [0.25, 0.3) is 0 Å². The smallest absolute Gasteiger partial charge is 0.468 e. The van der Waals surface area contributed by atoms with E-state index in [2.05, 4.69) is 14.8 Å². The van der Waals surface area contributed by atoms with Gasteiger partial charge in [-0.1, -0.05) is 17.7 Å². The van der Waals surface area contributed by atoms with Gasteiger partial charge in [-0.25, -0.2) is 0 Å². The fraction of sp³-hybridized carbons (Fsp3) is 0.250. The number of hydrogen-bond donors (Lipinski definition) is 0. The lowest BCUT2D eigenvalue weighted by Crippen LogP contribution is -2.13. The van der Waals surface area contributed by atoms with Crippen molar-refractivity contribution in [2.24, 2.45) is 0 Å². The summed E-state index contributed by atoms with van der Waals surface area (Å²) in [6.07, 6.45) is 0. The largest absolute Gasteiger partial charge is 0.492 e. The number of aromatic nitrogens is 3. The Bertz CT molecular complexity index is 668. The van der Waals surface area contributed by atoms with E-state index in [1.54, 1.807) is 0 Å². The van der Waals surface area contributed by atoms with Gasteiger partial charge in [0.1, 0.15) is 0 Å². The molecule has 1 aromatic carbocycles. The molecule has 0 aliphatic carbocycles. The Morgan fingerprint density at radius 3 is 2.67 bits per heavy atom. The summed E-state index contributed by atoms with van der Waals surface area (Å²) in [5.74, 6) is -1.10. The minimum Gasteiger partial charge on any atom is -0.468 e. The second kappa shape index (κ2) is 6.35. The predicted octanol–water partition coefficient (Wildman–Crippen LogP) is 1.82. The van der Waals surface area contributed by atoms with Crippen LogP contribution < -0.4 is 0 Å². The summed E-state index contributed by atoms with van der Waals surface area (Å²) in [7, 11) is 1.24. The zero-order valence-electron chi connectivity index (χ0n) is 11.3. The molecule has 0 atom stereocenters. The lowest BCUT2D eigenvalue weighted by Gasteiger charge is -2.00. The highest BCUT2D eigenvalue weighted by Gasteiger charge is 2.24. The maximum absolute atomic E-state index is 11.3. The van der Waals surface area contributed by atoms with Crippen molar-refractivity contribution in [1.29, 1.82) is 0 Å². The molecule has 0 N–H and O–H groups in total. The molecule has 0 unspecified atom stereocenters. The molecule has 0 aliphatic rings. The van der Waals surface area contributed by atoms with E-state index in [4.69, 9.17) is 0 Å². The quantitative estimate of drug-likeness (QED) is 0.471. The second-order valence-electron chi connectivity index (χ2n) is 4.10. The van der Waals surface area contributed by atoms with Crippen molar-refractivity contribution in [3.05, 3.63) is 39.9 Å². The summed E-state index contributed by atoms with van der Waals surface area (Å²) in [5.41, 5.74) is 1.10. The number of hydrogen-bond acceptors (Lipinski definition) is 7. The summed E-state index contributed by atoms with van der Waals surface area (Å²) in [6, 6.07) is 7.56. The van der Waals surface area contributed by atoms with Crippen LogP contribution in [0.1, 0.15) is 5.56 Å². The number of methoxy groups -OCH3 is 1. The van der Waals surface area contributed by atoms with Gasteiger partial charge in [-0.2, -0.15) is 0 Å². The molecule has 21 heavy (non-hydrogen) atoms. The SMILES string of the molecule is COC(=O)Cn1nc([N+](=O)[O-])nc1Sc1ccc(C)cc1. The number of carbonyl (C=O) groups excluding carboxylic acids is 1. The van der Waals surface area contributed by atoms with Gasteiger partial charge < -0.3 is 14.9 Å². The Morgan fingerprint density at radius 2 is 2.10 bits per heavy atom. The standard InChI is InChI=1S/C12H12N4O4S/c1-8-3-5-9(6-4-8)21-12-13-11(16(18)19)14-15(12)7-10(17)20-2/h3-6H,7H2,1-2H3. The van der Waals surface area contributed by atoms with Crippen LogP contribution >= 0.6 is 11.8 Å². The van der Waals surface area contributed by atoms with Crippen LogP contribution in [0.4, 0.5) is 5.95 Å². The van der Waals surface area contributed by atoms with Crippen molar-refractivity contribution >= 4 is 23.7 Å². The summed E-state index contributed by atoms with van der Waals surface area (Å²) in [6.45, 7) is 1.73. The molecule has 0 fully saturated rings. The Kier molecular flexibility index (Phi) is 4.53. The summed E-state index contributed by atoms with van der Waals surface area (Å²) < 4.78 is 5.70.